The van der Waals surface area contributed by atoms with Gasteiger partial charge in [-0.3, -0.25) is 9.59 Å². The van der Waals surface area contributed by atoms with Crippen molar-refractivity contribution in [3.8, 4) is 0 Å². The first kappa shape index (κ1) is 15.6. The van der Waals surface area contributed by atoms with Gasteiger partial charge in [0.05, 0.1) is 0 Å². The van der Waals surface area contributed by atoms with E-state index in [1.165, 1.54) is 6.92 Å². The van der Waals surface area contributed by atoms with E-state index in [4.69, 9.17) is 5.11 Å². The van der Waals surface area contributed by atoms with Crippen LogP contribution >= 0.6 is 0 Å². The van der Waals surface area contributed by atoms with Gasteiger partial charge in [0.1, 0.15) is 13.2 Å². The van der Waals surface area contributed by atoms with Gasteiger partial charge in [-0.05, 0) is 24.6 Å². The number of aliphatic carboxylic acids is 1. The molecule has 7 heteroatoms. The minimum absolute atomic E-state index is 0.207. The Labute approximate surface area is 115 Å². The van der Waals surface area contributed by atoms with Crippen molar-refractivity contribution in [3.05, 3.63) is 23.8 Å². The fourth-order valence-corrected chi connectivity index (χ4v) is 1.45. The molecule has 1 rings (SSSR count). The summed E-state index contributed by atoms with van der Waals surface area (Å²) in [6, 6.07) is 5.04. The first-order chi connectivity index (χ1) is 9.38. The third-order valence-corrected chi connectivity index (χ3v) is 2.29. The Morgan fingerprint density at radius 3 is 2.50 bits per heavy atom. The van der Waals surface area contributed by atoms with Gasteiger partial charge in [0.15, 0.2) is 0 Å². The maximum absolute atomic E-state index is 11.5. The third kappa shape index (κ3) is 5.49. The summed E-state index contributed by atoms with van der Waals surface area (Å²) >= 11 is 0. The molecule has 0 atom stereocenters. The number of amides is 2. The Balaban J connectivity index is 2.61. The quantitative estimate of drug-likeness (QED) is 0.720. The maximum Gasteiger partial charge on any atom is 0.329 e. The fourth-order valence-electron chi connectivity index (χ4n) is 1.45. The third-order valence-electron chi connectivity index (χ3n) is 2.29. The summed E-state index contributed by atoms with van der Waals surface area (Å²) in [6.07, 6.45) is 0. The van der Waals surface area contributed by atoms with Crippen LogP contribution in [0.25, 0.3) is 0 Å². The average molecular weight is 280 g/mol. The number of carboxylic acid groups (broad SMARTS) is 1. The number of hydrogen-bond donors (Lipinski definition) is 3. The summed E-state index contributed by atoms with van der Waals surface area (Å²) in [5.41, 5.74) is 1.95. The molecule has 0 unspecified atom stereocenters. The van der Waals surface area contributed by atoms with Crippen LogP contribution in [0.4, 0.5) is 11.4 Å². The number of aryl methyl sites for hydroxylation is 1. The molecule has 3 N–H and O–H groups in total. The molecule has 0 aliphatic heterocycles. The number of benzene rings is 1. The zero-order valence-electron chi connectivity index (χ0n) is 11.2. The lowest BCUT2D eigenvalue weighted by atomic mass is 10.1. The van der Waals surface area contributed by atoms with Crippen molar-refractivity contribution >= 4 is 29.2 Å². The summed E-state index contributed by atoms with van der Waals surface area (Å²) in [5.74, 6) is -1.81. The molecule has 108 valence electrons. The molecule has 7 nitrogen and oxygen atoms in total. The highest BCUT2D eigenvalue weighted by Gasteiger charge is 2.07. The number of carbonyl (C=O) groups excluding carboxylic acids is 2. The monoisotopic (exact) mass is 280 g/mol. The molecule has 1 aromatic carbocycles. The Hall–Kier alpha value is -2.41. The van der Waals surface area contributed by atoms with E-state index in [2.05, 4.69) is 15.4 Å². The predicted octanol–water partition coefficient (Wildman–Crippen LogP) is 0.993. The molecule has 0 radical (unpaired) electrons. The molecule has 0 saturated heterocycles. The van der Waals surface area contributed by atoms with Gasteiger partial charge >= 0.3 is 5.97 Å². The molecule has 0 saturated carbocycles. The van der Waals surface area contributed by atoms with Gasteiger partial charge in [-0.15, -0.1) is 0 Å². The lowest BCUT2D eigenvalue weighted by Gasteiger charge is -2.10. The van der Waals surface area contributed by atoms with Crippen LogP contribution in [0.15, 0.2) is 18.2 Å². The largest absolute Gasteiger partial charge is 0.480 e. The smallest absolute Gasteiger partial charge is 0.329 e. The first-order valence-electron chi connectivity index (χ1n) is 5.86. The zero-order valence-corrected chi connectivity index (χ0v) is 11.2. The second kappa shape index (κ2) is 7.25. The van der Waals surface area contributed by atoms with Crippen LogP contribution < -0.4 is 10.6 Å². The second-order valence-corrected chi connectivity index (χ2v) is 4.15. The van der Waals surface area contributed by atoms with Gasteiger partial charge in [0, 0.05) is 18.3 Å². The highest BCUT2D eigenvalue weighted by molar-refractivity contribution is 5.94. The van der Waals surface area contributed by atoms with E-state index in [1.54, 1.807) is 18.2 Å². The van der Waals surface area contributed by atoms with Gasteiger partial charge in [0.2, 0.25) is 11.8 Å². The minimum atomic E-state index is -1.14. The number of carbonyl (C=O) groups is 3. The molecule has 0 bridgehead atoms. The minimum Gasteiger partial charge on any atom is -0.480 e. The molecule has 0 aliphatic rings. The van der Waals surface area contributed by atoms with Crippen molar-refractivity contribution in [2.75, 3.05) is 23.8 Å². The normalized spacial score (nSPS) is 9.90. The number of nitrogens with one attached hydrogen (secondary N) is 2. The van der Waals surface area contributed by atoms with Gasteiger partial charge in [0.25, 0.3) is 0 Å². The van der Waals surface area contributed by atoms with Crippen molar-refractivity contribution in [1.82, 2.24) is 0 Å². The van der Waals surface area contributed by atoms with E-state index in [0.29, 0.717) is 11.4 Å². The Kier molecular flexibility index (Phi) is 5.67. The predicted molar refractivity (Wildman–Crippen MR) is 72.6 cm³/mol. The van der Waals surface area contributed by atoms with Crippen molar-refractivity contribution < 1.29 is 24.2 Å². The zero-order chi connectivity index (χ0) is 15.1. The number of hydrogen-bond acceptors (Lipinski definition) is 4. The molecular formula is C13H16N2O5. The summed E-state index contributed by atoms with van der Waals surface area (Å²) in [7, 11) is 0. The molecule has 0 fully saturated rings. The molecule has 0 aliphatic carbocycles. The molecule has 0 heterocycles. The number of anilines is 2. The SMILES string of the molecule is CC(=O)Nc1cc(NC(=O)COCC(=O)O)ccc1C. The lowest BCUT2D eigenvalue weighted by molar-refractivity contribution is -0.143. The van der Waals surface area contributed by atoms with E-state index in [1.807, 2.05) is 6.92 Å². The Bertz CT molecular complexity index is 527. The van der Waals surface area contributed by atoms with Gasteiger partial charge < -0.3 is 20.5 Å². The van der Waals surface area contributed by atoms with Crippen LogP contribution in [0.1, 0.15) is 12.5 Å². The highest BCUT2D eigenvalue weighted by atomic mass is 16.5. The van der Waals surface area contributed by atoms with Crippen LogP contribution in [0.5, 0.6) is 0 Å². The number of rotatable bonds is 6. The molecule has 0 aromatic heterocycles. The van der Waals surface area contributed by atoms with Crippen molar-refractivity contribution in [3.63, 3.8) is 0 Å². The van der Waals surface area contributed by atoms with Gasteiger partial charge in [-0.1, -0.05) is 6.07 Å². The number of carboxylic acids is 1. The number of ether oxygens (including phenoxy) is 1. The average Bonchev–Trinajstić information content (AvgIpc) is 2.32. The van der Waals surface area contributed by atoms with E-state index in [0.717, 1.165) is 5.56 Å². The molecule has 20 heavy (non-hydrogen) atoms. The highest BCUT2D eigenvalue weighted by Crippen LogP contribution is 2.20. The Morgan fingerprint density at radius 1 is 1.20 bits per heavy atom. The molecule has 2 amide bonds. The molecule has 1 aromatic rings. The van der Waals surface area contributed by atoms with Crippen LogP contribution in [-0.4, -0.2) is 36.1 Å². The van der Waals surface area contributed by atoms with E-state index in [-0.39, 0.29) is 12.5 Å². The summed E-state index contributed by atoms with van der Waals surface area (Å²) in [6.45, 7) is 2.34. The van der Waals surface area contributed by atoms with Gasteiger partial charge in [-0.25, -0.2) is 4.79 Å². The van der Waals surface area contributed by atoms with E-state index >= 15 is 0 Å². The second-order valence-electron chi connectivity index (χ2n) is 4.15. The van der Waals surface area contributed by atoms with Crippen LogP contribution in [0.2, 0.25) is 0 Å². The van der Waals surface area contributed by atoms with Crippen molar-refractivity contribution in [2.45, 2.75) is 13.8 Å². The first-order valence-corrected chi connectivity index (χ1v) is 5.86. The summed E-state index contributed by atoms with van der Waals surface area (Å²) in [5, 5.41) is 13.6. The van der Waals surface area contributed by atoms with E-state index < -0.39 is 18.5 Å². The van der Waals surface area contributed by atoms with Crippen molar-refractivity contribution in [2.24, 2.45) is 0 Å². The maximum atomic E-state index is 11.5. The van der Waals surface area contributed by atoms with E-state index in [9.17, 15) is 14.4 Å². The molecular weight excluding hydrogens is 264 g/mol. The molecule has 0 spiro atoms. The summed E-state index contributed by atoms with van der Waals surface area (Å²) < 4.78 is 4.67. The lowest BCUT2D eigenvalue weighted by Crippen LogP contribution is -2.20. The van der Waals surface area contributed by atoms with Crippen LogP contribution in [0.3, 0.4) is 0 Å². The van der Waals surface area contributed by atoms with Crippen molar-refractivity contribution in [1.29, 1.82) is 0 Å². The Morgan fingerprint density at radius 2 is 1.90 bits per heavy atom. The van der Waals surface area contributed by atoms with Crippen LogP contribution in [0, 0.1) is 6.92 Å². The topological polar surface area (TPSA) is 105 Å². The standard InChI is InChI=1S/C13H16N2O5/c1-8-3-4-10(5-11(8)14-9(2)16)15-12(17)6-20-7-13(18)19/h3-5H,6-7H2,1-2H3,(H,14,16)(H,15,17)(H,18,19). The van der Waals surface area contributed by atoms with Gasteiger partial charge in [-0.2, -0.15) is 0 Å². The van der Waals surface area contributed by atoms with Crippen LogP contribution in [-0.2, 0) is 19.1 Å². The fraction of sp³-hybridized carbons (Fsp3) is 0.308. The summed E-state index contributed by atoms with van der Waals surface area (Å²) in [4.78, 5) is 32.8.